The molecule has 0 spiro atoms. The van der Waals surface area contributed by atoms with Crippen LogP contribution in [0.4, 0.5) is 13.2 Å². The van der Waals surface area contributed by atoms with E-state index in [0.29, 0.717) is 13.1 Å². The van der Waals surface area contributed by atoms with Crippen molar-refractivity contribution in [3.8, 4) is 0 Å². The molecule has 0 bridgehead atoms. The minimum atomic E-state index is -4.08. The summed E-state index contributed by atoms with van der Waals surface area (Å²) in [5.41, 5.74) is 0. The van der Waals surface area contributed by atoms with E-state index in [2.05, 4.69) is 5.32 Å². The second-order valence-corrected chi connectivity index (χ2v) is 3.70. The summed E-state index contributed by atoms with van der Waals surface area (Å²) in [5.74, 6) is 0. The summed E-state index contributed by atoms with van der Waals surface area (Å²) in [6, 6.07) is 0.122. The van der Waals surface area contributed by atoms with Gasteiger partial charge in [0.15, 0.2) is 0 Å². The Morgan fingerprint density at radius 3 is 2.54 bits per heavy atom. The number of rotatable bonds is 1. The lowest BCUT2D eigenvalue weighted by molar-refractivity contribution is -0.152. The molecule has 0 radical (unpaired) electrons. The highest BCUT2D eigenvalue weighted by molar-refractivity contribution is 4.82. The predicted molar refractivity (Wildman–Crippen MR) is 44.6 cm³/mol. The van der Waals surface area contributed by atoms with Gasteiger partial charge in [-0.05, 0) is 13.8 Å². The van der Waals surface area contributed by atoms with Crippen LogP contribution in [-0.2, 0) is 0 Å². The van der Waals surface area contributed by atoms with Gasteiger partial charge in [-0.25, -0.2) is 0 Å². The Labute approximate surface area is 76.1 Å². The van der Waals surface area contributed by atoms with Crippen LogP contribution in [0.5, 0.6) is 0 Å². The van der Waals surface area contributed by atoms with Gasteiger partial charge in [-0.3, -0.25) is 4.90 Å². The topological polar surface area (TPSA) is 15.3 Å². The standard InChI is InChI=1S/C8H15F3N2/c1-6-4-13(5-8(9,10)11)7(2)3-12-6/h6-7,12H,3-5H2,1-2H3. The molecule has 0 amide bonds. The highest BCUT2D eigenvalue weighted by Gasteiger charge is 2.34. The van der Waals surface area contributed by atoms with E-state index in [1.165, 1.54) is 4.90 Å². The molecule has 0 aliphatic carbocycles. The largest absolute Gasteiger partial charge is 0.401 e. The molecule has 1 heterocycles. The second-order valence-electron chi connectivity index (χ2n) is 3.70. The van der Waals surface area contributed by atoms with Crippen LogP contribution in [-0.4, -0.2) is 42.8 Å². The molecule has 0 aromatic carbocycles. The summed E-state index contributed by atoms with van der Waals surface area (Å²) in [5, 5.41) is 3.14. The van der Waals surface area contributed by atoms with E-state index in [1.807, 2.05) is 13.8 Å². The third kappa shape index (κ3) is 3.52. The van der Waals surface area contributed by atoms with Crippen LogP contribution >= 0.6 is 0 Å². The molecule has 1 N–H and O–H groups in total. The number of halogens is 3. The molecule has 2 unspecified atom stereocenters. The van der Waals surface area contributed by atoms with Crippen molar-refractivity contribution in [3.05, 3.63) is 0 Å². The van der Waals surface area contributed by atoms with Gasteiger partial charge in [-0.2, -0.15) is 13.2 Å². The molecular formula is C8H15F3N2. The molecule has 1 aliphatic rings. The Hall–Kier alpha value is -0.290. The Morgan fingerprint density at radius 2 is 2.00 bits per heavy atom. The van der Waals surface area contributed by atoms with E-state index in [0.717, 1.165) is 0 Å². The Balaban J connectivity index is 2.47. The van der Waals surface area contributed by atoms with Crippen LogP contribution in [0, 0.1) is 0 Å². The molecule has 78 valence electrons. The first-order chi connectivity index (χ1) is 5.88. The predicted octanol–water partition coefficient (Wildman–Crippen LogP) is 1.23. The van der Waals surface area contributed by atoms with Gasteiger partial charge in [0.1, 0.15) is 0 Å². The van der Waals surface area contributed by atoms with Gasteiger partial charge in [-0.15, -0.1) is 0 Å². The summed E-state index contributed by atoms with van der Waals surface area (Å²) in [4.78, 5) is 1.47. The van der Waals surface area contributed by atoms with Crippen LogP contribution in [0.15, 0.2) is 0 Å². The van der Waals surface area contributed by atoms with Crippen LogP contribution in [0.25, 0.3) is 0 Å². The minimum Gasteiger partial charge on any atom is -0.311 e. The Kier molecular flexibility index (Phi) is 3.18. The Morgan fingerprint density at radius 1 is 1.38 bits per heavy atom. The number of alkyl halides is 3. The van der Waals surface area contributed by atoms with E-state index in [4.69, 9.17) is 0 Å². The van der Waals surface area contributed by atoms with Crippen LogP contribution in [0.3, 0.4) is 0 Å². The van der Waals surface area contributed by atoms with Gasteiger partial charge < -0.3 is 5.32 Å². The molecule has 1 aliphatic heterocycles. The average Bonchev–Trinajstić information content (AvgIpc) is 1.94. The average molecular weight is 196 g/mol. The highest BCUT2D eigenvalue weighted by Crippen LogP contribution is 2.19. The SMILES string of the molecule is CC1CN(CC(F)(F)F)C(C)CN1. The normalized spacial score (nSPS) is 32.1. The quantitative estimate of drug-likeness (QED) is 0.678. The lowest BCUT2D eigenvalue weighted by Crippen LogP contribution is -2.56. The van der Waals surface area contributed by atoms with Crippen molar-refractivity contribution in [1.82, 2.24) is 10.2 Å². The molecule has 1 saturated heterocycles. The molecule has 1 rings (SSSR count). The van der Waals surface area contributed by atoms with Gasteiger partial charge in [-0.1, -0.05) is 0 Å². The third-order valence-corrected chi connectivity index (χ3v) is 2.28. The van der Waals surface area contributed by atoms with Gasteiger partial charge in [0.2, 0.25) is 0 Å². The third-order valence-electron chi connectivity index (χ3n) is 2.28. The van der Waals surface area contributed by atoms with E-state index >= 15 is 0 Å². The zero-order chi connectivity index (χ0) is 10.1. The summed E-state index contributed by atoms with van der Waals surface area (Å²) in [6.07, 6.45) is -4.08. The van der Waals surface area contributed by atoms with E-state index in [9.17, 15) is 13.2 Å². The number of hydrogen-bond acceptors (Lipinski definition) is 2. The van der Waals surface area contributed by atoms with Gasteiger partial charge >= 0.3 is 6.18 Å². The molecule has 0 aromatic heterocycles. The van der Waals surface area contributed by atoms with Crippen molar-refractivity contribution >= 4 is 0 Å². The molecule has 0 saturated carbocycles. The first-order valence-corrected chi connectivity index (χ1v) is 4.42. The minimum absolute atomic E-state index is 0.0298. The van der Waals surface area contributed by atoms with Crippen molar-refractivity contribution in [2.24, 2.45) is 0 Å². The van der Waals surface area contributed by atoms with E-state index in [1.54, 1.807) is 0 Å². The summed E-state index contributed by atoms with van der Waals surface area (Å²) < 4.78 is 36.2. The lowest BCUT2D eigenvalue weighted by Gasteiger charge is -2.37. The summed E-state index contributed by atoms with van der Waals surface area (Å²) >= 11 is 0. The maximum atomic E-state index is 12.1. The number of nitrogens with one attached hydrogen (secondary N) is 1. The molecule has 2 atom stereocenters. The van der Waals surface area contributed by atoms with Crippen molar-refractivity contribution in [3.63, 3.8) is 0 Å². The molecule has 13 heavy (non-hydrogen) atoms. The fourth-order valence-corrected chi connectivity index (χ4v) is 1.55. The zero-order valence-electron chi connectivity index (χ0n) is 7.86. The first kappa shape index (κ1) is 10.8. The fraction of sp³-hybridized carbons (Fsp3) is 1.00. The van der Waals surface area contributed by atoms with Crippen molar-refractivity contribution in [2.75, 3.05) is 19.6 Å². The van der Waals surface area contributed by atoms with Crippen LogP contribution in [0.2, 0.25) is 0 Å². The smallest absolute Gasteiger partial charge is 0.311 e. The molecule has 2 nitrogen and oxygen atoms in total. The van der Waals surface area contributed by atoms with Gasteiger partial charge in [0.25, 0.3) is 0 Å². The Bertz CT molecular complexity index is 169. The van der Waals surface area contributed by atoms with Crippen molar-refractivity contribution < 1.29 is 13.2 Å². The van der Waals surface area contributed by atoms with E-state index < -0.39 is 12.7 Å². The first-order valence-electron chi connectivity index (χ1n) is 4.42. The monoisotopic (exact) mass is 196 g/mol. The van der Waals surface area contributed by atoms with Gasteiger partial charge in [0.05, 0.1) is 6.54 Å². The molecule has 0 aromatic rings. The maximum Gasteiger partial charge on any atom is 0.401 e. The van der Waals surface area contributed by atoms with Crippen LogP contribution < -0.4 is 5.32 Å². The van der Waals surface area contributed by atoms with E-state index in [-0.39, 0.29) is 12.1 Å². The molecule has 1 fully saturated rings. The zero-order valence-corrected chi connectivity index (χ0v) is 7.86. The lowest BCUT2D eigenvalue weighted by atomic mass is 10.1. The van der Waals surface area contributed by atoms with Gasteiger partial charge in [0, 0.05) is 25.2 Å². The highest BCUT2D eigenvalue weighted by atomic mass is 19.4. The molecular weight excluding hydrogens is 181 g/mol. The maximum absolute atomic E-state index is 12.1. The second kappa shape index (κ2) is 3.84. The molecule has 5 heteroatoms. The number of nitrogens with zero attached hydrogens (tertiary/aromatic N) is 1. The summed E-state index contributed by atoms with van der Waals surface area (Å²) in [7, 11) is 0. The van der Waals surface area contributed by atoms with Crippen molar-refractivity contribution in [1.29, 1.82) is 0 Å². The van der Waals surface area contributed by atoms with Crippen molar-refractivity contribution in [2.45, 2.75) is 32.1 Å². The fourth-order valence-electron chi connectivity index (χ4n) is 1.55. The number of piperazine rings is 1. The summed E-state index contributed by atoms with van der Waals surface area (Å²) in [6.45, 7) is 4.03. The number of hydrogen-bond donors (Lipinski definition) is 1. The van der Waals surface area contributed by atoms with Crippen LogP contribution in [0.1, 0.15) is 13.8 Å².